The Morgan fingerprint density at radius 1 is 1.07 bits per heavy atom. The monoisotopic (exact) mass is 447 g/mol. The number of nitrogens with zero attached hydrogens (tertiary/aromatic N) is 1. The number of carbonyl (C=O) groups is 3. The number of aryl methyl sites for hydroxylation is 2. The Morgan fingerprint density at radius 2 is 1.77 bits per heavy atom. The predicted molar refractivity (Wildman–Crippen MR) is 115 cm³/mol. The molecule has 2 aromatic carbocycles. The van der Waals surface area contributed by atoms with Crippen LogP contribution in [0.4, 0.5) is 10.5 Å². The van der Waals surface area contributed by atoms with Crippen LogP contribution in [-0.4, -0.2) is 49.2 Å². The third-order valence-electron chi connectivity index (χ3n) is 4.65. The summed E-state index contributed by atoms with van der Waals surface area (Å²) in [5.41, 5.74) is 2.54. The fraction of sp³-hybridized carbons (Fsp3) is 0.250. The third kappa shape index (κ3) is 5.00. The molecule has 30 heavy (non-hydrogen) atoms. The number of carbonyl (C=O) groups excluding carboxylic acids is 3. The van der Waals surface area contributed by atoms with E-state index in [0.29, 0.717) is 11.3 Å². The Balaban J connectivity index is 1.58. The molecule has 3 amide bonds. The molecule has 1 saturated heterocycles. The molecule has 8 nitrogen and oxygen atoms in total. The average molecular weight is 448 g/mol. The molecule has 1 aliphatic heterocycles. The Hall–Kier alpha value is -2.85. The van der Waals surface area contributed by atoms with Crippen LogP contribution in [0.15, 0.2) is 47.4 Å². The number of nitrogens with one attached hydrogen (secondary N) is 2. The standard InChI is InChI=1S/C20H21N3O5S2/c1-13-3-8-17(11-14(13)2)30(27,28)22-16-6-4-15(5-7-16)19(25)21-9-10-23-18(24)12-29-20(23)26/h3-8,11,22H,9-10,12H2,1-2H3,(H,21,25). The highest BCUT2D eigenvalue weighted by Crippen LogP contribution is 2.20. The van der Waals surface area contributed by atoms with Gasteiger partial charge in [-0.25, -0.2) is 8.42 Å². The zero-order valence-electron chi connectivity index (χ0n) is 16.5. The van der Waals surface area contributed by atoms with Gasteiger partial charge in [-0.05, 0) is 61.4 Å². The van der Waals surface area contributed by atoms with Crippen LogP contribution in [0.25, 0.3) is 0 Å². The molecule has 10 heteroatoms. The molecule has 1 heterocycles. The number of imide groups is 1. The first-order chi connectivity index (χ1) is 14.2. The lowest BCUT2D eigenvalue weighted by Crippen LogP contribution is -2.37. The van der Waals surface area contributed by atoms with Crippen molar-refractivity contribution in [3.05, 3.63) is 59.2 Å². The van der Waals surface area contributed by atoms with Gasteiger partial charge in [0.25, 0.3) is 21.2 Å². The molecule has 0 aliphatic carbocycles. The number of hydrogen-bond acceptors (Lipinski definition) is 6. The lowest BCUT2D eigenvalue weighted by molar-refractivity contribution is -0.124. The first kappa shape index (κ1) is 21.8. The summed E-state index contributed by atoms with van der Waals surface area (Å²) in [6, 6.07) is 10.9. The van der Waals surface area contributed by atoms with Crippen molar-refractivity contribution in [1.82, 2.24) is 10.2 Å². The number of sulfonamides is 1. The lowest BCUT2D eigenvalue weighted by atomic mass is 10.1. The van der Waals surface area contributed by atoms with Gasteiger partial charge >= 0.3 is 0 Å². The van der Waals surface area contributed by atoms with E-state index in [0.717, 1.165) is 27.8 Å². The zero-order valence-corrected chi connectivity index (χ0v) is 18.1. The number of anilines is 1. The van der Waals surface area contributed by atoms with E-state index in [1.165, 1.54) is 24.3 Å². The number of thioether (sulfide) groups is 1. The second-order valence-corrected chi connectivity index (χ2v) is 9.39. The molecule has 0 bridgehead atoms. The molecule has 1 fully saturated rings. The van der Waals surface area contributed by atoms with E-state index in [-0.39, 0.29) is 40.8 Å². The maximum absolute atomic E-state index is 12.6. The third-order valence-corrected chi connectivity index (χ3v) is 6.89. The minimum atomic E-state index is -3.74. The molecule has 3 rings (SSSR count). The van der Waals surface area contributed by atoms with Crippen LogP contribution in [-0.2, 0) is 14.8 Å². The summed E-state index contributed by atoms with van der Waals surface area (Å²) in [5.74, 6) is -0.517. The van der Waals surface area contributed by atoms with Crippen LogP contribution in [0, 0.1) is 13.8 Å². The largest absolute Gasteiger partial charge is 0.350 e. The Labute approximate surface area is 179 Å². The second-order valence-electron chi connectivity index (χ2n) is 6.78. The molecule has 0 unspecified atom stereocenters. The summed E-state index contributed by atoms with van der Waals surface area (Å²) in [6.07, 6.45) is 0. The van der Waals surface area contributed by atoms with Gasteiger partial charge in [0.05, 0.1) is 10.6 Å². The Kier molecular flexibility index (Phi) is 6.47. The Morgan fingerprint density at radius 3 is 2.37 bits per heavy atom. The van der Waals surface area contributed by atoms with Gasteiger partial charge in [0.15, 0.2) is 0 Å². The van der Waals surface area contributed by atoms with Crippen molar-refractivity contribution in [1.29, 1.82) is 0 Å². The van der Waals surface area contributed by atoms with Crippen molar-refractivity contribution >= 4 is 44.5 Å². The van der Waals surface area contributed by atoms with Gasteiger partial charge in [-0.2, -0.15) is 0 Å². The van der Waals surface area contributed by atoms with E-state index in [2.05, 4.69) is 10.0 Å². The summed E-state index contributed by atoms with van der Waals surface area (Å²) >= 11 is 0.943. The summed E-state index contributed by atoms with van der Waals surface area (Å²) in [7, 11) is -3.74. The Bertz CT molecular complexity index is 1080. The molecule has 2 aromatic rings. The van der Waals surface area contributed by atoms with Gasteiger partial charge in [-0.3, -0.25) is 24.0 Å². The topological polar surface area (TPSA) is 113 Å². The van der Waals surface area contributed by atoms with Crippen LogP contribution < -0.4 is 10.0 Å². The van der Waals surface area contributed by atoms with Gasteiger partial charge < -0.3 is 5.32 Å². The molecule has 0 radical (unpaired) electrons. The first-order valence-corrected chi connectivity index (χ1v) is 11.6. The smallest absolute Gasteiger partial charge is 0.288 e. The van der Waals surface area contributed by atoms with Crippen LogP contribution in [0.2, 0.25) is 0 Å². The van der Waals surface area contributed by atoms with E-state index in [9.17, 15) is 22.8 Å². The molecule has 1 aliphatic rings. The minimum absolute atomic E-state index is 0.115. The summed E-state index contributed by atoms with van der Waals surface area (Å²) in [5, 5.41) is 2.33. The van der Waals surface area contributed by atoms with Crippen molar-refractivity contribution in [2.75, 3.05) is 23.6 Å². The highest BCUT2D eigenvalue weighted by atomic mass is 32.2. The van der Waals surface area contributed by atoms with Gasteiger partial charge in [-0.1, -0.05) is 17.8 Å². The second kappa shape index (κ2) is 8.88. The average Bonchev–Trinajstić information content (AvgIpc) is 3.02. The number of rotatable bonds is 7. The van der Waals surface area contributed by atoms with Crippen molar-refractivity contribution in [2.45, 2.75) is 18.7 Å². The maximum atomic E-state index is 12.6. The van der Waals surface area contributed by atoms with Gasteiger partial charge in [0.1, 0.15) is 0 Å². The van der Waals surface area contributed by atoms with E-state index in [1.807, 2.05) is 13.8 Å². The minimum Gasteiger partial charge on any atom is -0.350 e. The normalized spacial score (nSPS) is 14.1. The number of amides is 3. The van der Waals surface area contributed by atoms with Gasteiger partial charge in [0.2, 0.25) is 5.91 Å². The fourth-order valence-electron chi connectivity index (χ4n) is 2.77. The van der Waals surface area contributed by atoms with E-state index < -0.39 is 10.0 Å². The molecule has 0 aromatic heterocycles. The highest BCUT2D eigenvalue weighted by Gasteiger charge is 2.29. The van der Waals surface area contributed by atoms with Crippen LogP contribution >= 0.6 is 11.8 Å². The lowest BCUT2D eigenvalue weighted by Gasteiger charge is -2.13. The van der Waals surface area contributed by atoms with Crippen LogP contribution in [0.5, 0.6) is 0 Å². The summed E-state index contributed by atoms with van der Waals surface area (Å²) in [4.78, 5) is 36.5. The molecule has 0 atom stereocenters. The van der Waals surface area contributed by atoms with E-state index >= 15 is 0 Å². The predicted octanol–water partition coefficient (Wildman–Crippen LogP) is 2.53. The quantitative estimate of drug-likeness (QED) is 0.674. The zero-order chi connectivity index (χ0) is 21.9. The van der Waals surface area contributed by atoms with Crippen LogP contribution in [0.1, 0.15) is 21.5 Å². The van der Waals surface area contributed by atoms with E-state index in [1.54, 1.807) is 18.2 Å². The molecular formula is C20H21N3O5S2. The summed E-state index contributed by atoms with van der Waals surface area (Å²) < 4.78 is 27.6. The fourth-order valence-corrected chi connectivity index (χ4v) is 4.66. The van der Waals surface area contributed by atoms with Crippen LogP contribution in [0.3, 0.4) is 0 Å². The van der Waals surface area contributed by atoms with Crippen molar-refractivity contribution in [3.63, 3.8) is 0 Å². The number of hydrogen-bond donors (Lipinski definition) is 2. The molecular weight excluding hydrogens is 426 g/mol. The first-order valence-electron chi connectivity index (χ1n) is 9.13. The van der Waals surface area contributed by atoms with Gasteiger partial charge in [0, 0.05) is 24.3 Å². The van der Waals surface area contributed by atoms with Gasteiger partial charge in [-0.15, -0.1) is 0 Å². The molecule has 0 spiro atoms. The van der Waals surface area contributed by atoms with Crippen molar-refractivity contribution < 1.29 is 22.8 Å². The molecule has 2 N–H and O–H groups in total. The molecule has 158 valence electrons. The van der Waals surface area contributed by atoms with E-state index in [4.69, 9.17) is 0 Å². The van der Waals surface area contributed by atoms with Crippen molar-refractivity contribution in [2.24, 2.45) is 0 Å². The SMILES string of the molecule is Cc1ccc(S(=O)(=O)Nc2ccc(C(=O)NCCN3C(=O)CSC3=O)cc2)cc1C. The summed E-state index contributed by atoms with van der Waals surface area (Å²) in [6.45, 7) is 4.00. The maximum Gasteiger partial charge on any atom is 0.288 e. The van der Waals surface area contributed by atoms with Crippen molar-refractivity contribution in [3.8, 4) is 0 Å². The highest BCUT2D eigenvalue weighted by molar-refractivity contribution is 8.14. The molecule has 0 saturated carbocycles. The number of benzene rings is 2.